The fraction of sp³-hybridized carbons (Fsp3) is 0.833. The molecule has 3 nitrogen and oxygen atoms in total. The number of rotatable bonds is 4. The van der Waals surface area contributed by atoms with Crippen molar-refractivity contribution in [1.29, 1.82) is 0 Å². The molecule has 0 amide bonds. The van der Waals surface area contributed by atoms with E-state index in [1.807, 2.05) is 0 Å². The van der Waals surface area contributed by atoms with Gasteiger partial charge < -0.3 is 5.32 Å². The Morgan fingerprint density at radius 2 is 2.00 bits per heavy atom. The molecule has 90 valence electrons. The van der Waals surface area contributed by atoms with Crippen molar-refractivity contribution in [1.82, 2.24) is 15.5 Å². The summed E-state index contributed by atoms with van der Waals surface area (Å²) in [4.78, 5) is 0. The van der Waals surface area contributed by atoms with Crippen LogP contribution in [0.1, 0.15) is 61.9 Å². The Hall–Kier alpha value is -0.480. The fourth-order valence-electron chi connectivity index (χ4n) is 2.14. The molecule has 1 heterocycles. The first-order valence-electron chi connectivity index (χ1n) is 6.31. The summed E-state index contributed by atoms with van der Waals surface area (Å²) in [5.41, 5.74) is 0. The van der Waals surface area contributed by atoms with Crippen LogP contribution < -0.4 is 5.32 Å². The lowest BCUT2D eigenvalue weighted by Crippen LogP contribution is -2.21. The first kappa shape index (κ1) is 12.0. The van der Waals surface area contributed by atoms with Crippen LogP contribution in [0.25, 0.3) is 0 Å². The molecule has 2 rings (SSSR count). The second kappa shape index (κ2) is 5.73. The molecular weight excluding hydrogens is 218 g/mol. The third kappa shape index (κ3) is 3.25. The molecule has 0 saturated heterocycles. The van der Waals surface area contributed by atoms with Gasteiger partial charge in [0, 0.05) is 18.5 Å². The summed E-state index contributed by atoms with van der Waals surface area (Å²) in [5.74, 6) is 0.694. The number of hydrogen-bond donors (Lipinski definition) is 1. The van der Waals surface area contributed by atoms with Gasteiger partial charge in [-0.05, 0) is 12.8 Å². The Labute approximate surface area is 102 Å². The van der Waals surface area contributed by atoms with Gasteiger partial charge in [-0.15, -0.1) is 10.2 Å². The van der Waals surface area contributed by atoms with Gasteiger partial charge in [0.05, 0.1) is 0 Å². The summed E-state index contributed by atoms with van der Waals surface area (Å²) in [6, 6.07) is 0.516. The molecule has 1 saturated carbocycles. The zero-order valence-corrected chi connectivity index (χ0v) is 11.0. The van der Waals surface area contributed by atoms with E-state index in [2.05, 4.69) is 29.4 Å². The topological polar surface area (TPSA) is 37.8 Å². The van der Waals surface area contributed by atoms with Gasteiger partial charge in [-0.2, -0.15) is 0 Å². The molecule has 1 N–H and O–H groups in total. The molecule has 0 spiro atoms. The minimum atomic E-state index is 0.516. The minimum absolute atomic E-state index is 0.516. The van der Waals surface area contributed by atoms with Crippen LogP contribution in [0.3, 0.4) is 0 Å². The quantitative estimate of drug-likeness (QED) is 0.877. The lowest BCUT2D eigenvalue weighted by atomic mass is 9.90. The Morgan fingerprint density at radius 3 is 2.69 bits per heavy atom. The van der Waals surface area contributed by atoms with Crippen molar-refractivity contribution >= 4 is 11.3 Å². The van der Waals surface area contributed by atoms with Gasteiger partial charge in [0.25, 0.3) is 0 Å². The first-order chi connectivity index (χ1) is 7.75. The van der Waals surface area contributed by atoms with Gasteiger partial charge in [0.1, 0.15) is 10.0 Å². The third-order valence-electron chi connectivity index (χ3n) is 3.10. The molecule has 16 heavy (non-hydrogen) atoms. The Kier molecular flexibility index (Phi) is 4.29. The summed E-state index contributed by atoms with van der Waals surface area (Å²) >= 11 is 1.80. The van der Waals surface area contributed by atoms with Crippen molar-refractivity contribution in [3.8, 4) is 0 Å². The minimum Gasteiger partial charge on any atom is -0.308 e. The number of nitrogens with one attached hydrogen (secondary N) is 1. The van der Waals surface area contributed by atoms with Crippen LogP contribution in [-0.2, 0) is 6.54 Å². The molecule has 0 bridgehead atoms. The lowest BCUT2D eigenvalue weighted by Gasteiger charge is -2.18. The van der Waals surface area contributed by atoms with Gasteiger partial charge in [-0.1, -0.05) is 44.4 Å². The Morgan fingerprint density at radius 1 is 1.25 bits per heavy atom. The fourth-order valence-corrected chi connectivity index (χ4v) is 3.11. The standard InChI is InChI=1S/C12H21N3S/c1-9(2)13-8-11-14-15-12(16-11)10-6-4-3-5-7-10/h9-10,13H,3-8H2,1-2H3. The highest BCUT2D eigenvalue weighted by Crippen LogP contribution is 2.33. The zero-order chi connectivity index (χ0) is 11.4. The van der Waals surface area contributed by atoms with Crippen LogP contribution in [0.15, 0.2) is 0 Å². The molecule has 0 unspecified atom stereocenters. The maximum absolute atomic E-state index is 4.35. The molecule has 0 aliphatic heterocycles. The summed E-state index contributed by atoms with van der Waals surface area (Å²) in [6.07, 6.45) is 6.75. The highest BCUT2D eigenvalue weighted by atomic mass is 32.1. The summed E-state index contributed by atoms with van der Waals surface area (Å²) < 4.78 is 0. The number of hydrogen-bond acceptors (Lipinski definition) is 4. The third-order valence-corrected chi connectivity index (χ3v) is 4.18. The van der Waals surface area contributed by atoms with Gasteiger partial charge in [-0.25, -0.2) is 0 Å². The lowest BCUT2D eigenvalue weighted by molar-refractivity contribution is 0.440. The zero-order valence-electron chi connectivity index (χ0n) is 10.2. The SMILES string of the molecule is CC(C)NCc1nnc(C2CCCCC2)s1. The van der Waals surface area contributed by atoms with E-state index in [0.29, 0.717) is 12.0 Å². The molecule has 1 aromatic rings. The Balaban J connectivity index is 1.90. The van der Waals surface area contributed by atoms with Crippen molar-refractivity contribution in [2.45, 2.75) is 64.5 Å². The van der Waals surface area contributed by atoms with E-state index in [0.717, 1.165) is 11.6 Å². The average Bonchev–Trinajstić information content (AvgIpc) is 2.76. The van der Waals surface area contributed by atoms with Crippen LogP contribution >= 0.6 is 11.3 Å². The molecule has 1 aliphatic rings. The predicted molar refractivity (Wildman–Crippen MR) is 67.7 cm³/mol. The van der Waals surface area contributed by atoms with Crippen molar-refractivity contribution < 1.29 is 0 Å². The van der Waals surface area contributed by atoms with Gasteiger partial charge in [-0.3, -0.25) is 0 Å². The van der Waals surface area contributed by atoms with Gasteiger partial charge in [0.2, 0.25) is 0 Å². The highest BCUT2D eigenvalue weighted by Gasteiger charge is 2.19. The van der Waals surface area contributed by atoms with E-state index in [-0.39, 0.29) is 0 Å². The molecule has 0 radical (unpaired) electrons. The van der Waals surface area contributed by atoms with Crippen LogP contribution in [0.5, 0.6) is 0 Å². The summed E-state index contributed by atoms with van der Waals surface area (Å²) in [6.45, 7) is 5.17. The molecule has 1 aliphatic carbocycles. The molecule has 1 fully saturated rings. The van der Waals surface area contributed by atoms with Crippen LogP contribution in [-0.4, -0.2) is 16.2 Å². The van der Waals surface area contributed by atoms with E-state index in [1.165, 1.54) is 37.1 Å². The normalized spacial score (nSPS) is 18.2. The van der Waals surface area contributed by atoms with Crippen molar-refractivity contribution in [3.63, 3.8) is 0 Å². The van der Waals surface area contributed by atoms with Crippen molar-refractivity contribution in [3.05, 3.63) is 10.0 Å². The highest BCUT2D eigenvalue weighted by molar-refractivity contribution is 7.11. The largest absolute Gasteiger partial charge is 0.308 e. The maximum Gasteiger partial charge on any atom is 0.131 e. The van der Waals surface area contributed by atoms with Gasteiger partial charge in [0.15, 0.2) is 0 Å². The van der Waals surface area contributed by atoms with E-state index >= 15 is 0 Å². The smallest absolute Gasteiger partial charge is 0.131 e. The predicted octanol–water partition coefficient (Wildman–Crippen LogP) is 3.08. The maximum atomic E-state index is 4.35. The second-order valence-electron chi connectivity index (χ2n) is 4.90. The second-order valence-corrected chi connectivity index (χ2v) is 6.00. The molecule has 1 aromatic heterocycles. The average molecular weight is 239 g/mol. The first-order valence-corrected chi connectivity index (χ1v) is 7.13. The number of aromatic nitrogens is 2. The van der Waals surface area contributed by atoms with Crippen LogP contribution in [0.4, 0.5) is 0 Å². The van der Waals surface area contributed by atoms with Gasteiger partial charge >= 0.3 is 0 Å². The van der Waals surface area contributed by atoms with Crippen molar-refractivity contribution in [2.75, 3.05) is 0 Å². The summed E-state index contributed by atoms with van der Waals surface area (Å²) in [7, 11) is 0. The molecular formula is C12H21N3S. The van der Waals surface area contributed by atoms with E-state index in [9.17, 15) is 0 Å². The van der Waals surface area contributed by atoms with E-state index in [4.69, 9.17) is 0 Å². The summed E-state index contributed by atoms with van der Waals surface area (Å²) in [5, 5.41) is 14.4. The molecule has 0 atom stereocenters. The van der Waals surface area contributed by atoms with E-state index < -0.39 is 0 Å². The monoisotopic (exact) mass is 239 g/mol. The number of nitrogens with zero attached hydrogens (tertiary/aromatic N) is 2. The van der Waals surface area contributed by atoms with E-state index in [1.54, 1.807) is 11.3 Å². The molecule has 4 heteroatoms. The van der Waals surface area contributed by atoms with Crippen LogP contribution in [0.2, 0.25) is 0 Å². The molecule has 0 aromatic carbocycles. The van der Waals surface area contributed by atoms with Crippen LogP contribution in [0, 0.1) is 0 Å². The Bertz CT molecular complexity index is 316. The van der Waals surface area contributed by atoms with Crippen molar-refractivity contribution in [2.24, 2.45) is 0 Å².